The van der Waals surface area contributed by atoms with Gasteiger partial charge in [-0.25, -0.2) is 4.79 Å². The zero-order chi connectivity index (χ0) is 16.1. The average molecular weight is 303 g/mol. The first-order valence-corrected chi connectivity index (χ1v) is 6.18. The van der Waals surface area contributed by atoms with Gasteiger partial charge in [0.1, 0.15) is 5.75 Å². The smallest absolute Gasteiger partial charge is 0.451 e. The lowest BCUT2D eigenvalue weighted by molar-refractivity contribution is -0.394. The molecule has 2 rings (SSSR count). The minimum absolute atomic E-state index is 0.238. The number of hydrogen-bond acceptors (Lipinski definition) is 6. The summed E-state index contributed by atoms with van der Waals surface area (Å²) in [7, 11) is 3.28. The summed E-state index contributed by atoms with van der Waals surface area (Å²) in [6, 6.07) is 6.39. The number of rotatable bonds is 4. The molecule has 2 amide bonds. The van der Waals surface area contributed by atoms with E-state index in [-0.39, 0.29) is 11.8 Å². The van der Waals surface area contributed by atoms with Crippen LogP contribution in [0.1, 0.15) is 0 Å². The van der Waals surface area contributed by atoms with Crippen LogP contribution in [0.15, 0.2) is 36.7 Å². The second-order valence-electron chi connectivity index (χ2n) is 4.43. The summed E-state index contributed by atoms with van der Waals surface area (Å²) in [4.78, 5) is 29.8. The van der Waals surface area contributed by atoms with Gasteiger partial charge in [-0.2, -0.15) is 0 Å². The molecule has 1 aromatic heterocycles. The van der Waals surface area contributed by atoms with E-state index in [4.69, 9.17) is 4.74 Å². The maximum atomic E-state index is 11.5. The summed E-state index contributed by atoms with van der Waals surface area (Å²) in [5.41, 5.74) is 0.617. The fraction of sp³-hybridized carbons (Fsp3) is 0.154. The SMILES string of the molecule is CN(C)C(=O)Nc1ccc(Oc2cnc([N+](=O)[O-])nc2)cc1. The fourth-order valence-electron chi connectivity index (χ4n) is 1.43. The van der Waals surface area contributed by atoms with Crippen LogP contribution in [0, 0.1) is 10.1 Å². The molecular weight excluding hydrogens is 290 g/mol. The van der Waals surface area contributed by atoms with E-state index in [9.17, 15) is 14.9 Å². The quantitative estimate of drug-likeness (QED) is 0.685. The third-order valence-corrected chi connectivity index (χ3v) is 2.53. The number of anilines is 1. The van der Waals surface area contributed by atoms with E-state index in [2.05, 4.69) is 15.3 Å². The molecule has 0 saturated carbocycles. The molecule has 9 nitrogen and oxygen atoms in total. The molecule has 0 aliphatic heterocycles. The second kappa shape index (κ2) is 6.48. The van der Waals surface area contributed by atoms with E-state index in [0.717, 1.165) is 0 Å². The highest BCUT2D eigenvalue weighted by Crippen LogP contribution is 2.22. The summed E-state index contributed by atoms with van der Waals surface area (Å²) < 4.78 is 5.45. The van der Waals surface area contributed by atoms with Crippen molar-refractivity contribution in [1.29, 1.82) is 0 Å². The van der Waals surface area contributed by atoms with Crippen molar-refractivity contribution in [3.05, 3.63) is 46.8 Å². The monoisotopic (exact) mass is 303 g/mol. The number of nitrogens with zero attached hydrogens (tertiary/aromatic N) is 4. The molecule has 0 aliphatic rings. The van der Waals surface area contributed by atoms with Crippen LogP contribution < -0.4 is 10.1 Å². The van der Waals surface area contributed by atoms with Gasteiger partial charge in [0.25, 0.3) is 0 Å². The summed E-state index contributed by atoms with van der Waals surface area (Å²) in [6.45, 7) is 0. The Morgan fingerprint density at radius 1 is 1.18 bits per heavy atom. The van der Waals surface area contributed by atoms with Gasteiger partial charge >= 0.3 is 12.0 Å². The van der Waals surface area contributed by atoms with Crippen LogP contribution in [0.2, 0.25) is 0 Å². The molecule has 22 heavy (non-hydrogen) atoms. The highest BCUT2D eigenvalue weighted by molar-refractivity contribution is 5.88. The summed E-state index contributed by atoms with van der Waals surface area (Å²) in [5.74, 6) is 0.269. The van der Waals surface area contributed by atoms with Gasteiger partial charge in [0, 0.05) is 19.8 Å². The summed E-state index contributed by atoms with van der Waals surface area (Å²) in [5, 5.41) is 13.1. The van der Waals surface area contributed by atoms with Crippen LogP contribution in [0.5, 0.6) is 11.5 Å². The second-order valence-corrected chi connectivity index (χ2v) is 4.43. The number of aromatic nitrogens is 2. The molecule has 0 aliphatic carbocycles. The lowest BCUT2D eigenvalue weighted by atomic mass is 10.3. The number of carbonyl (C=O) groups is 1. The Bertz CT molecular complexity index is 670. The van der Waals surface area contributed by atoms with E-state index in [0.29, 0.717) is 11.4 Å². The zero-order valence-electron chi connectivity index (χ0n) is 11.9. The third-order valence-electron chi connectivity index (χ3n) is 2.53. The van der Waals surface area contributed by atoms with Crippen molar-refractivity contribution in [3.63, 3.8) is 0 Å². The summed E-state index contributed by atoms with van der Waals surface area (Å²) >= 11 is 0. The molecule has 0 radical (unpaired) electrons. The van der Waals surface area contributed by atoms with Crippen molar-refractivity contribution >= 4 is 17.7 Å². The minimum atomic E-state index is -0.688. The Morgan fingerprint density at radius 2 is 1.77 bits per heavy atom. The van der Waals surface area contributed by atoms with Crippen LogP contribution in [0.4, 0.5) is 16.4 Å². The van der Waals surface area contributed by atoms with Gasteiger partial charge in [-0.15, -0.1) is 0 Å². The fourth-order valence-corrected chi connectivity index (χ4v) is 1.43. The molecular formula is C13H13N5O4. The molecule has 0 fully saturated rings. The Morgan fingerprint density at radius 3 is 2.27 bits per heavy atom. The molecule has 1 heterocycles. The van der Waals surface area contributed by atoms with Crippen molar-refractivity contribution in [2.75, 3.05) is 19.4 Å². The van der Waals surface area contributed by atoms with Gasteiger partial charge in [-0.1, -0.05) is 9.97 Å². The van der Waals surface area contributed by atoms with Gasteiger partial charge in [-0.3, -0.25) is 0 Å². The van der Waals surface area contributed by atoms with Crippen LogP contribution in [0.25, 0.3) is 0 Å². The van der Waals surface area contributed by atoms with Crippen LogP contribution in [-0.4, -0.2) is 39.9 Å². The zero-order valence-corrected chi connectivity index (χ0v) is 11.9. The van der Waals surface area contributed by atoms with E-state index in [1.807, 2.05) is 0 Å². The first kappa shape index (κ1) is 15.2. The molecule has 2 aromatic rings. The largest absolute Gasteiger partial charge is 0.468 e. The van der Waals surface area contributed by atoms with E-state index in [1.54, 1.807) is 38.4 Å². The predicted molar refractivity (Wildman–Crippen MR) is 77.9 cm³/mol. The van der Waals surface area contributed by atoms with Crippen molar-refractivity contribution in [2.24, 2.45) is 0 Å². The average Bonchev–Trinajstić information content (AvgIpc) is 2.49. The Kier molecular flexibility index (Phi) is 4.47. The molecule has 9 heteroatoms. The molecule has 0 unspecified atom stereocenters. The van der Waals surface area contributed by atoms with Gasteiger partial charge in [0.15, 0.2) is 18.1 Å². The molecule has 0 atom stereocenters. The number of benzene rings is 1. The minimum Gasteiger partial charge on any atom is -0.451 e. The Labute approximate surface area is 125 Å². The van der Waals surface area contributed by atoms with Gasteiger partial charge < -0.3 is 25.1 Å². The maximum Gasteiger partial charge on any atom is 0.468 e. The third kappa shape index (κ3) is 3.88. The van der Waals surface area contributed by atoms with Crippen LogP contribution >= 0.6 is 0 Å². The van der Waals surface area contributed by atoms with Gasteiger partial charge in [-0.05, 0) is 29.2 Å². The number of carbonyl (C=O) groups excluding carboxylic acids is 1. The highest BCUT2D eigenvalue weighted by Gasteiger charge is 2.10. The number of hydrogen-bond donors (Lipinski definition) is 1. The molecule has 1 N–H and O–H groups in total. The number of amides is 2. The summed E-state index contributed by atoms with van der Waals surface area (Å²) in [6.07, 6.45) is 2.43. The van der Waals surface area contributed by atoms with Crippen LogP contribution in [-0.2, 0) is 0 Å². The predicted octanol–water partition coefficient (Wildman–Crippen LogP) is 2.27. The van der Waals surface area contributed by atoms with E-state index >= 15 is 0 Å². The topological polar surface area (TPSA) is 110 Å². The normalized spacial score (nSPS) is 9.91. The molecule has 114 valence electrons. The lowest BCUT2D eigenvalue weighted by Gasteiger charge is -2.12. The standard InChI is InChI=1S/C13H13N5O4/c1-17(2)13(19)16-9-3-5-10(6-4-9)22-11-7-14-12(15-8-11)18(20)21/h3-8H,1-2H3,(H,16,19). The molecule has 1 aromatic carbocycles. The molecule has 0 spiro atoms. The van der Waals surface area contributed by atoms with Crippen molar-refractivity contribution in [2.45, 2.75) is 0 Å². The van der Waals surface area contributed by atoms with Gasteiger partial charge in [0.05, 0.1) is 0 Å². The Hall–Kier alpha value is -3.23. The van der Waals surface area contributed by atoms with E-state index in [1.165, 1.54) is 17.3 Å². The number of urea groups is 1. The highest BCUT2D eigenvalue weighted by atomic mass is 16.6. The molecule has 0 bridgehead atoms. The number of ether oxygens (including phenoxy) is 1. The first-order valence-electron chi connectivity index (χ1n) is 6.18. The van der Waals surface area contributed by atoms with Crippen LogP contribution in [0.3, 0.4) is 0 Å². The number of nitrogens with one attached hydrogen (secondary N) is 1. The van der Waals surface area contributed by atoms with E-state index < -0.39 is 10.9 Å². The van der Waals surface area contributed by atoms with Gasteiger partial charge in [0.2, 0.25) is 0 Å². The molecule has 0 saturated heterocycles. The number of nitro groups is 1. The van der Waals surface area contributed by atoms with Crippen molar-refractivity contribution in [1.82, 2.24) is 14.9 Å². The Balaban J connectivity index is 2.01. The maximum absolute atomic E-state index is 11.5. The van der Waals surface area contributed by atoms with Crippen molar-refractivity contribution in [3.8, 4) is 11.5 Å². The first-order chi connectivity index (χ1) is 10.5. The van der Waals surface area contributed by atoms with Crippen molar-refractivity contribution < 1.29 is 14.5 Å². The lowest BCUT2D eigenvalue weighted by Crippen LogP contribution is -2.27.